The molecule has 0 aliphatic heterocycles. The average molecular weight is 253 g/mol. The summed E-state index contributed by atoms with van der Waals surface area (Å²) < 4.78 is 0. The first-order valence-electron chi connectivity index (χ1n) is 6.32. The Labute approximate surface area is 108 Å². The van der Waals surface area contributed by atoms with Gasteiger partial charge in [-0.25, -0.2) is 0 Å². The van der Waals surface area contributed by atoms with E-state index in [1.807, 2.05) is 6.92 Å². The standard InChI is InChI=1S/C14H23NO3/c1-9(2)4-12(8-16)15-10(3)11-5-13(17)7-14(18)6-11/h5-7,9-10,12,15-18H,4,8H2,1-3H3. The summed E-state index contributed by atoms with van der Waals surface area (Å²) in [5.41, 5.74) is 0.801. The fraction of sp³-hybridized carbons (Fsp3) is 0.571. The van der Waals surface area contributed by atoms with Gasteiger partial charge >= 0.3 is 0 Å². The second kappa shape index (κ2) is 6.61. The van der Waals surface area contributed by atoms with Gasteiger partial charge in [-0.2, -0.15) is 0 Å². The van der Waals surface area contributed by atoms with Crippen molar-refractivity contribution in [2.45, 2.75) is 39.3 Å². The van der Waals surface area contributed by atoms with E-state index >= 15 is 0 Å². The van der Waals surface area contributed by atoms with Crippen LogP contribution in [0.2, 0.25) is 0 Å². The predicted octanol–water partition coefficient (Wildman–Crippen LogP) is 2.16. The zero-order valence-corrected chi connectivity index (χ0v) is 11.2. The fourth-order valence-electron chi connectivity index (χ4n) is 2.08. The summed E-state index contributed by atoms with van der Waals surface area (Å²) in [4.78, 5) is 0. The molecule has 18 heavy (non-hydrogen) atoms. The van der Waals surface area contributed by atoms with E-state index in [0.29, 0.717) is 5.92 Å². The van der Waals surface area contributed by atoms with Crippen molar-refractivity contribution in [2.24, 2.45) is 5.92 Å². The number of nitrogens with one attached hydrogen (secondary N) is 1. The van der Waals surface area contributed by atoms with Gasteiger partial charge < -0.3 is 20.6 Å². The van der Waals surface area contributed by atoms with Gasteiger partial charge in [-0.15, -0.1) is 0 Å². The van der Waals surface area contributed by atoms with E-state index in [9.17, 15) is 15.3 Å². The molecule has 1 aromatic carbocycles. The monoisotopic (exact) mass is 253 g/mol. The van der Waals surface area contributed by atoms with Crippen molar-refractivity contribution in [1.82, 2.24) is 5.32 Å². The molecule has 0 saturated heterocycles. The quantitative estimate of drug-likeness (QED) is 0.627. The Morgan fingerprint density at radius 3 is 2.06 bits per heavy atom. The van der Waals surface area contributed by atoms with Crippen molar-refractivity contribution >= 4 is 0 Å². The minimum Gasteiger partial charge on any atom is -0.508 e. The number of hydrogen-bond acceptors (Lipinski definition) is 4. The molecule has 1 rings (SSSR count). The summed E-state index contributed by atoms with van der Waals surface area (Å²) in [7, 11) is 0. The highest BCUT2D eigenvalue weighted by Crippen LogP contribution is 2.25. The van der Waals surface area contributed by atoms with Gasteiger partial charge in [0.25, 0.3) is 0 Å². The molecule has 4 N–H and O–H groups in total. The molecule has 4 heteroatoms. The third kappa shape index (κ3) is 4.55. The maximum atomic E-state index is 9.44. The van der Waals surface area contributed by atoms with Crippen molar-refractivity contribution in [3.63, 3.8) is 0 Å². The van der Waals surface area contributed by atoms with Gasteiger partial charge in [0.05, 0.1) is 6.61 Å². The van der Waals surface area contributed by atoms with Gasteiger partial charge in [-0.3, -0.25) is 0 Å². The Kier molecular flexibility index (Phi) is 5.44. The molecular formula is C14H23NO3. The van der Waals surface area contributed by atoms with Gasteiger partial charge in [-0.1, -0.05) is 13.8 Å². The molecule has 0 aromatic heterocycles. The predicted molar refractivity (Wildman–Crippen MR) is 71.7 cm³/mol. The van der Waals surface area contributed by atoms with Gasteiger partial charge in [-0.05, 0) is 37.0 Å². The Bertz CT molecular complexity index is 359. The molecule has 0 spiro atoms. The molecule has 0 bridgehead atoms. The smallest absolute Gasteiger partial charge is 0.119 e. The van der Waals surface area contributed by atoms with Crippen LogP contribution >= 0.6 is 0 Å². The van der Waals surface area contributed by atoms with Crippen LogP contribution in [0, 0.1) is 5.92 Å². The zero-order valence-electron chi connectivity index (χ0n) is 11.2. The molecule has 2 unspecified atom stereocenters. The summed E-state index contributed by atoms with van der Waals surface area (Å²) in [6.07, 6.45) is 0.881. The summed E-state index contributed by atoms with van der Waals surface area (Å²) in [6.45, 7) is 6.23. The average Bonchev–Trinajstić information content (AvgIpc) is 2.26. The minimum absolute atomic E-state index is 0.0180. The Morgan fingerprint density at radius 2 is 1.61 bits per heavy atom. The number of phenols is 2. The van der Waals surface area contributed by atoms with Crippen LogP contribution in [0.4, 0.5) is 0 Å². The van der Waals surface area contributed by atoms with Crippen LogP contribution in [0.15, 0.2) is 18.2 Å². The molecule has 0 fully saturated rings. The van der Waals surface area contributed by atoms with Crippen molar-refractivity contribution in [1.29, 1.82) is 0 Å². The molecule has 0 saturated carbocycles. The van der Waals surface area contributed by atoms with Crippen molar-refractivity contribution < 1.29 is 15.3 Å². The summed E-state index contributed by atoms with van der Waals surface area (Å²) >= 11 is 0. The molecule has 4 nitrogen and oxygen atoms in total. The van der Waals surface area contributed by atoms with Crippen molar-refractivity contribution in [2.75, 3.05) is 6.61 Å². The van der Waals surface area contributed by atoms with Crippen molar-refractivity contribution in [3.05, 3.63) is 23.8 Å². The molecule has 0 amide bonds. The maximum Gasteiger partial charge on any atom is 0.119 e. The Morgan fingerprint density at radius 1 is 1.06 bits per heavy atom. The van der Waals surface area contributed by atoms with E-state index in [2.05, 4.69) is 19.2 Å². The summed E-state index contributed by atoms with van der Waals surface area (Å²) in [6, 6.07) is 4.50. The Balaban J connectivity index is 2.71. The number of phenolic OH excluding ortho intramolecular Hbond substituents is 2. The van der Waals surface area contributed by atoms with Crippen molar-refractivity contribution in [3.8, 4) is 11.5 Å². The van der Waals surface area contributed by atoms with Gasteiger partial charge in [0.1, 0.15) is 11.5 Å². The van der Waals surface area contributed by atoms with Crippen LogP contribution in [0.3, 0.4) is 0 Å². The largest absolute Gasteiger partial charge is 0.508 e. The highest BCUT2D eigenvalue weighted by atomic mass is 16.3. The summed E-state index contributed by atoms with van der Waals surface area (Å²) in [5.74, 6) is 0.588. The summed E-state index contributed by atoms with van der Waals surface area (Å²) in [5, 5.41) is 31.5. The van der Waals surface area contributed by atoms with Gasteiger partial charge in [0, 0.05) is 18.2 Å². The van der Waals surface area contributed by atoms with Gasteiger partial charge in [0.15, 0.2) is 0 Å². The zero-order chi connectivity index (χ0) is 13.7. The third-order valence-corrected chi connectivity index (χ3v) is 2.89. The van der Waals surface area contributed by atoms with Gasteiger partial charge in [0.2, 0.25) is 0 Å². The highest BCUT2D eigenvalue weighted by molar-refractivity contribution is 5.37. The number of aliphatic hydroxyl groups excluding tert-OH is 1. The fourth-order valence-corrected chi connectivity index (χ4v) is 2.08. The lowest BCUT2D eigenvalue weighted by atomic mass is 10.0. The highest BCUT2D eigenvalue weighted by Gasteiger charge is 2.15. The van der Waals surface area contributed by atoms with Crippen LogP contribution in [0.5, 0.6) is 11.5 Å². The topological polar surface area (TPSA) is 72.7 Å². The molecular weight excluding hydrogens is 230 g/mol. The number of rotatable bonds is 6. The Hall–Kier alpha value is -1.26. The number of aliphatic hydroxyl groups is 1. The molecule has 0 heterocycles. The van der Waals surface area contributed by atoms with E-state index in [4.69, 9.17) is 0 Å². The molecule has 102 valence electrons. The first-order valence-corrected chi connectivity index (χ1v) is 6.32. The third-order valence-electron chi connectivity index (χ3n) is 2.89. The van der Waals surface area contributed by atoms with E-state index in [-0.39, 0.29) is 30.2 Å². The lowest BCUT2D eigenvalue weighted by Crippen LogP contribution is -2.35. The SMILES string of the molecule is CC(C)CC(CO)NC(C)c1cc(O)cc(O)c1. The lowest BCUT2D eigenvalue weighted by molar-refractivity contribution is 0.215. The maximum absolute atomic E-state index is 9.44. The number of aromatic hydroxyl groups is 2. The van der Waals surface area contributed by atoms with E-state index < -0.39 is 0 Å². The molecule has 0 aliphatic carbocycles. The first kappa shape index (κ1) is 14.8. The molecule has 2 atom stereocenters. The number of hydrogen-bond donors (Lipinski definition) is 4. The normalized spacial score (nSPS) is 14.7. The first-order chi connectivity index (χ1) is 8.42. The number of benzene rings is 1. The second-order valence-corrected chi connectivity index (χ2v) is 5.18. The van der Waals surface area contributed by atoms with Crippen LogP contribution in [-0.4, -0.2) is 28.0 Å². The molecule has 0 radical (unpaired) electrons. The lowest BCUT2D eigenvalue weighted by Gasteiger charge is -2.23. The minimum atomic E-state index is -0.0427. The molecule has 0 aliphatic rings. The van der Waals surface area contributed by atoms with Crippen LogP contribution in [-0.2, 0) is 0 Å². The van der Waals surface area contributed by atoms with E-state index in [0.717, 1.165) is 12.0 Å². The van der Waals surface area contributed by atoms with Crippen LogP contribution in [0.1, 0.15) is 38.8 Å². The molecule has 1 aromatic rings. The van der Waals surface area contributed by atoms with E-state index in [1.165, 1.54) is 6.07 Å². The van der Waals surface area contributed by atoms with E-state index in [1.54, 1.807) is 12.1 Å². The van der Waals surface area contributed by atoms with Crippen LogP contribution < -0.4 is 5.32 Å². The second-order valence-electron chi connectivity index (χ2n) is 5.18. The van der Waals surface area contributed by atoms with Crippen LogP contribution in [0.25, 0.3) is 0 Å².